The third kappa shape index (κ3) is 3.26. The Hall–Kier alpha value is -3.14. The Kier molecular flexibility index (Phi) is 4.63. The fourth-order valence-electron chi connectivity index (χ4n) is 2.97. The van der Waals surface area contributed by atoms with Gasteiger partial charge in [0.05, 0.1) is 22.2 Å². The second-order valence-corrected chi connectivity index (χ2v) is 6.99. The summed E-state index contributed by atoms with van der Waals surface area (Å²) in [4.78, 5) is 23.7. The van der Waals surface area contributed by atoms with Crippen molar-refractivity contribution >= 4 is 52.4 Å². The maximum atomic E-state index is 12.1. The SMILES string of the molecule is N#CC1=NN(c2cc(Cl)c(Oc3ccc4c(c3)C=CC4)c(Cl)c2)C(=O)CC1=O. The third-order valence-corrected chi connectivity index (χ3v) is 4.88. The smallest absolute Gasteiger partial charge is 0.255 e. The van der Waals surface area contributed by atoms with Crippen LogP contribution < -0.4 is 9.75 Å². The zero-order valence-electron chi connectivity index (χ0n) is 14.3. The normalized spacial score (nSPS) is 15.3. The van der Waals surface area contributed by atoms with E-state index in [0.717, 1.165) is 17.0 Å². The summed E-state index contributed by atoms with van der Waals surface area (Å²) in [6.45, 7) is 0. The Morgan fingerprint density at radius 3 is 2.61 bits per heavy atom. The van der Waals surface area contributed by atoms with Gasteiger partial charge in [-0.15, -0.1) is 0 Å². The second-order valence-electron chi connectivity index (χ2n) is 6.17. The summed E-state index contributed by atoms with van der Waals surface area (Å²) in [6.07, 6.45) is 4.54. The lowest BCUT2D eigenvalue weighted by molar-refractivity contribution is -0.124. The first-order chi connectivity index (χ1) is 13.5. The number of hydrazone groups is 1. The molecule has 0 aromatic heterocycles. The van der Waals surface area contributed by atoms with Crippen LogP contribution >= 0.6 is 23.2 Å². The molecule has 4 rings (SSSR count). The molecule has 138 valence electrons. The molecular formula is C20H11Cl2N3O3. The molecule has 2 aliphatic rings. The number of halogens is 2. The molecule has 28 heavy (non-hydrogen) atoms. The maximum Gasteiger partial charge on any atom is 0.255 e. The zero-order chi connectivity index (χ0) is 19.8. The fourth-order valence-corrected chi connectivity index (χ4v) is 3.52. The van der Waals surface area contributed by atoms with E-state index >= 15 is 0 Å². The summed E-state index contributed by atoms with van der Waals surface area (Å²) in [5.41, 5.74) is 2.18. The zero-order valence-corrected chi connectivity index (χ0v) is 15.8. The number of Topliss-reactive ketones (excluding diaryl/α,β-unsaturated/α-hetero) is 1. The van der Waals surface area contributed by atoms with Gasteiger partial charge < -0.3 is 4.74 Å². The van der Waals surface area contributed by atoms with Crippen LogP contribution in [0.5, 0.6) is 11.5 Å². The predicted octanol–water partition coefficient (Wildman–Crippen LogP) is 4.54. The van der Waals surface area contributed by atoms with E-state index in [1.54, 1.807) is 6.07 Å². The Labute approximate surface area is 170 Å². The topological polar surface area (TPSA) is 82.8 Å². The van der Waals surface area contributed by atoms with Gasteiger partial charge in [-0.25, -0.2) is 0 Å². The molecule has 0 unspecified atom stereocenters. The van der Waals surface area contributed by atoms with Crippen molar-refractivity contribution in [2.45, 2.75) is 12.8 Å². The van der Waals surface area contributed by atoms with Gasteiger partial charge in [-0.1, -0.05) is 41.4 Å². The van der Waals surface area contributed by atoms with Crippen molar-refractivity contribution in [1.29, 1.82) is 5.26 Å². The van der Waals surface area contributed by atoms with Crippen molar-refractivity contribution in [3.63, 3.8) is 0 Å². The quantitative estimate of drug-likeness (QED) is 0.693. The van der Waals surface area contributed by atoms with E-state index in [2.05, 4.69) is 11.2 Å². The monoisotopic (exact) mass is 411 g/mol. The van der Waals surface area contributed by atoms with Gasteiger partial charge in [0.1, 0.15) is 11.8 Å². The largest absolute Gasteiger partial charge is 0.454 e. The average Bonchev–Trinajstić information content (AvgIpc) is 3.12. The number of hydrogen-bond acceptors (Lipinski definition) is 5. The number of nitrogens with zero attached hydrogens (tertiary/aromatic N) is 3. The van der Waals surface area contributed by atoms with Crippen LogP contribution in [0.3, 0.4) is 0 Å². The molecule has 0 spiro atoms. The van der Waals surface area contributed by atoms with Crippen molar-refractivity contribution in [3.05, 3.63) is 57.6 Å². The number of carbonyl (C=O) groups excluding carboxylic acids is 2. The highest BCUT2D eigenvalue weighted by atomic mass is 35.5. The first-order valence-corrected chi connectivity index (χ1v) is 9.03. The number of hydrogen-bond donors (Lipinski definition) is 0. The Morgan fingerprint density at radius 1 is 1.14 bits per heavy atom. The minimum atomic E-state index is -0.619. The number of fused-ring (bicyclic) bond motifs is 1. The first-order valence-electron chi connectivity index (χ1n) is 8.27. The molecule has 0 saturated carbocycles. The first kappa shape index (κ1) is 18.2. The van der Waals surface area contributed by atoms with Gasteiger partial charge >= 0.3 is 0 Å². The molecule has 1 amide bonds. The number of ether oxygens (including phenoxy) is 1. The van der Waals surface area contributed by atoms with Crippen molar-refractivity contribution in [2.24, 2.45) is 5.10 Å². The van der Waals surface area contributed by atoms with Gasteiger partial charge in [-0.3, -0.25) is 9.59 Å². The number of rotatable bonds is 3. The summed E-state index contributed by atoms with van der Waals surface area (Å²) >= 11 is 12.7. The Bertz CT molecular complexity index is 1110. The molecule has 2 aromatic carbocycles. The molecule has 1 aliphatic heterocycles. The molecule has 8 heteroatoms. The molecule has 1 heterocycles. The number of carbonyl (C=O) groups is 2. The predicted molar refractivity (Wildman–Crippen MR) is 106 cm³/mol. The van der Waals surface area contributed by atoms with Gasteiger partial charge in [-0.2, -0.15) is 15.4 Å². The molecule has 0 radical (unpaired) electrons. The van der Waals surface area contributed by atoms with E-state index in [1.807, 2.05) is 24.3 Å². The van der Waals surface area contributed by atoms with Gasteiger partial charge in [0.15, 0.2) is 5.75 Å². The van der Waals surface area contributed by atoms with Gasteiger partial charge in [-0.05, 0) is 41.8 Å². The molecule has 0 N–H and O–H groups in total. The lowest BCUT2D eigenvalue weighted by Gasteiger charge is -2.22. The molecule has 0 fully saturated rings. The molecule has 0 saturated heterocycles. The lowest BCUT2D eigenvalue weighted by atomic mass is 10.1. The molecule has 2 aromatic rings. The second kappa shape index (κ2) is 7.12. The van der Waals surface area contributed by atoms with Crippen LogP contribution in [0, 0.1) is 11.3 Å². The van der Waals surface area contributed by atoms with Crippen LogP contribution in [-0.4, -0.2) is 17.4 Å². The highest BCUT2D eigenvalue weighted by molar-refractivity contribution is 6.50. The molecular weight excluding hydrogens is 401 g/mol. The maximum absolute atomic E-state index is 12.1. The van der Waals surface area contributed by atoms with Gasteiger partial charge in [0, 0.05) is 0 Å². The number of ketones is 1. The number of anilines is 1. The third-order valence-electron chi connectivity index (χ3n) is 4.32. The van der Waals surface area contributed by atoms with Crippen molar-refractivity contribution in [3.8, 4) is 17.6 Å². The van der Waals surface area contributed by atoms with E-state index in [-0.39, 0.29) is 27.2 Å². The van der Waals surface area contributed by atoms with Crippen LogP contribution in [0.2, 0.25) is 10.0 Å². The van der Waals surface area contributed by atoms with Gasteiger partial charge in [0.2, 0.25) is 11.5 Å². The molecule has 0 atom stereocenters. The molecule has 6 nitrogen and oxygen atoms in total. The Morgan fingerprint density at radius 2 is 1.89 bits per heavy atom. The number of amides is 1. The summed E-state index contributed by atoms with van der Waals surface area (Å²) < 4.78 is 5.85. The van der Waals surface area contributed by atoms with Crippen LogP contribution in [0.15, 0.2) is 41.5 Å². The van der Waals surface area contributed by atoms with Crippen LogP contribution in [0.1, 0.15) is 17.5 Å². The number of benzene rings is 2. The van der Waals surface area contributed by atoms with Crippen molar-refractivity contribution in [2.75, 3.05) is 5.01 Å². The van der Waals surface area contributed by atoms with Gasteiger partial charge in [0.25, 0.3) is 5.91 Å². The van der Waals surface area contributed by atoms with E-state index in [4.69, 9.17) is 33.2 Å². The minimum Gasteiger partial charge on any atom is -0.454 e. The van der Waals surface area contributed by atoms with Crippen LogP contribution in [0.25, 0.3) is 6.08 Å². The van der Waals surface area contributed by atoms with Crippen LogP contribution in [0.4, 0.5) is 5.69 Å². The highest BCUT2D eigenvalue weighted by Crippen LogP contribution is 2.41. The number of nitriles is 1. The molecule has 0 bridgehead atoms. The fraction of sp³-hybridized carbons (Fsp3) is 0.100. The summed E-state index contributed by atoms with van der Waals surface area (Å²) in [5.74, 6) is -0.382. The van der Waals surface area contributed by atoms with Crippen LogP contribution in [-0.2, 0) is 16.0 Å². The molecule has 1 aliphatic carbocycles. The van der Waals surface area contributed by atoms with E-state index < -0.39 is 18.1 Å². The minimum absolute atomic E-state index is 0.164. The van der Waals surface area contributed by atoms with Crippen molar-refractivity contribution in [1.82, 2.24) is 0 Å². The van der Waals surface area contributed by atoms with Crippen molar-refractivity contribution < 1.29 is 14.3 Å². The summed E-state index contributed by atoms with van der Waals surface area (Å²) in [5, 5.41) is 14.0. The highest BCUT2D eigenvalue weighted by Gasteiger charge is 2.29. The summed E-state index contributed by atoms with van der Waals surface area (Å²) in [6, 6.07) is 10.3. The lowest BCUT2D eigenvalue weighted by Crippen LogP contribution is -2.36. The van der Waals surface area contributed by atoms with E-state index in [0.29, 0.717) is 5.75 Å². The number of allylic oxidation sites excluding steroid dienone is 1. The van der Waals surface area contributed by atoms with E-state index in [9.17, 15) is 9.59 Å². The average molecular weight is 412 g/mol. The Balaban J connectivity index is 1.67. The van der Waals surface area contributed by atoms with E-state index in [1.165, 1.54) is 17.7 Å². The standard InChI is InChI=1S/C20H11Cl2N3O3/c21-15-7-13(25-19(27)9-18(26)17(10-23)24-25)8-16(22)20(15)28-14-5-4-11-2-1-3-12(11)6-14/h1,3-8H,2,9H2. The summed E-state index contributed by atoms with van der Waals surface area (Å²) in [7, 11) is 0.